The third kappa shape index (κ3) is 9.55. The van der Waals surface area contributed by atoms with Gasteiger partial charge in [-0.1, -0.05) is 46.3 Å². The Balaban J connectivity index is 0.970. The van der Waals surface area contributed by atoms with Gasteiger partial charge in [-0.05, 0) is 111 Å². The molecule has 8 fully saturated rings. The molecule has 0 aromatic carbocycles. The first-order chi connectivity index (χ1) is 36.1. The smallest absolute Gasteiger partial charge is 0.315 e. The third-order valence-corrected chi connectivity index (χ3v) is 21.3. The van der Waals surface area contributed by atoms with Crippen molar-refractivity contribution in [3.8, 4) is 0 Å². The quantitative estimate of drug-likeness (QED) is 0.0554. The van der Waals surface area contributed by atoms with Crippen LogP contribution in [-0.4, -0.2) is 233 Å². The number of allylic oxidation sites excluding steroid dienone is 2. The van der Waals surface area contributed by atoms with E-state index in [1.165, 1.54) is 0 Å². The van der Waals surface area contributed by atoms with Crippen LogP contribution in [0, 0.1) is 50.2 Å². The fourth-order valence-electron chi connectivity index (χ4n) is 16.2. The van der Waals surface area contributed by atoms with E-state index in [2.05, 4.69) is 40.7 Å². The van der Waals surface area contributed by atoms with Gasteiger partial charge in [0.2, 0.25) is 6.29 Å². The predicted molar refractivity (Wildman–Crippen MR) is 259 cm³/mol. The lowest BCUT2D eigenvalue weighted by Crippen LogP contribution is -2.67. The molecule has 14 N–H and O–H groups in total. The van der Waals surface area contributed by atoms with E-state index in [4.69, 9.17) is 37.9 Å². The largest absolute Gasteiger partial charge is 0.481 e. The zero-order valence-electron chi connectivity index (χ0n) is 44.6. The van der Waals surface area contributed by atoms with Crippen molar-refractivity contribution >= 4 is 11.9 Å². The summed E-state index contributed by atoms with van der Waals surface area (Å²) in [4.78, 5) is 27.8. The predicted octanol–water partition coefficient (Wildman–Crippen LogP) is -2.33. The molecule has 0 aromatic heterocycles. The first-order valence-corrected chi connectivity index (χ1v) is 27.4. The molecular formula is C53H84O24. The topological polar surface area (TPSA) is 391 Å². The van der Waals surface area contributed by atoms with Crippen molar-refractivity contribution < 1.29 is 119 Å². The molecule has 9 aliphatic rings. The number of carboxylic acid groups (broad SMARTS) is 1. The van der Waals surface area contributed by atoms with Crippen molar-refractivity contribution in [2.24, 2.45) is 50.2 Å². The number of carbonyl (C=O) groups excluding carboxylic acids is 1. The Morgan fingerprint density at radius 2 is 1.12 bits per heavy atom. The van der Waals surface area contributed by atoms with Crippen LogP contribution in [0.5, 0.6) is 0 Å². The van der Waals surface area contributed by atoms with E-state index in [9.17, 15) is 81.1 Å². The summed E-state index contributed by atoms with van der Waals surface area (Å²) in [6, 6.07) is 0. The van der Waals surface area contributed by atoms with Gasteiger partial charge in [0.25, 0.3) is 0 Å². The van der Waals surface area contributed by atoms with Crippen LogP contribution < -0.4 is 0 Å². The number of rotatable bonds is 12. The minimum atomic E-state index is -1.88. The Hall–Kier alpha value is -2.12. The van der Waals surface area contributed by atoms with Gasteiger partial charge in [0.1, 0.15) is 91.6 Å². The average molecular weight is 1110 g/mol. The van der Waals surface area contributed by atoms with Gasteiger partial charge in [-0.2, -0.15) is 0 Å². The molecule has 2 unspecified atom stereocenters. The molecule has 4 saturated carbocycles. The molecule has 0 spiro atoms. The molecule has 24 nitrogen and oxygen atoms in total. The van der Waals surface area contributed by atoms with E-state index in [0.717, 1.165) is 18.4 Å². The molecule has 0 bridgehead atoms. The molecule has 28 atom stereocenters. The normalized spacial score (nSPS) is 53.6. The van der Waals surface area contributed by atoms with Crippen molar-refractivity contribution in [2.75, 3.05) is 26.4 Å². The lowest BCUT2D eigenvalue weighted by atomic mass is 9.33. The first kappa shape index (κ1) is 59.5. The number of ether oxygens (including phenoxy) is 8. The zero-order chi connectivity index (χ0) is 56.3. The summed E-state index contributed by atoms with van der Waals surface area (Å²) in [5.41, 5.74) is -3.12. The van der Waals surface area contributed by atoms with Crippen LogP contribution in [0.3, 0.4) is 0 Å². The second kappa shape index (κ2) is 21.6. The van der Waals surface area contributed by atoms with Gasteiger partial charge < -0.3 is 109 Å². The monoisotopic (exact) mass is 1100 g/mol. The van der Waals surface area contributed by atoms with Gasteiger partial charge >= 0.3 is 11.9 Å². The standard InChI is InChI=1S/C53H84O24/c1-48(2)28-9-12-52(6)29(8-7-22-23-17-49(3,46(67)68)13-15-53(23,16-14-51(22,52)5)47(69)77-44-40(66)37(63)33(59)26(20-56)73-44)50(28,4)11-10-30(48)75-45-41(76-43-39(65)36(62)32(58)25(19-55)72-43)34(60)27(21-70-45)74-42-38(64)35(61)31(57)24(18-54)71-42/h7,23-45,54-66H,8-21H2,1-6H3,(H,67,68)/t23-,24+,25+,26+,27-,28?,29?,30-,31+,32+,33+,34-,35-,36-,37-,38+,39+,40+,41+,42-,43-,44-,45-,49+,50-,51+,52+,53-/m0/s1. The van der Waals surface area contributed by atoms with Crippen LogP contribution in [-0.2, 0) is 47.5 Å². The van der Waals surface area contributed by atoms with Gasteiger partial charge in [0.05, 0.1) is 43.4 Å². The third-order valence-electron chi connectivity index (χ3n) is 21.3. The molecule has 0 radical (unpaired) electrons. The van der Waals surface area contributed by atoms with Crippen molar-refractivity contribution in [3.05, 3.63) is 11.6 Å². The number of aliphatic carboxylic acids is 1. The summed E-state index contributed by atoms with van der Waals surface area (Å²) in [6.45, 7) is 10.2. The van der Waals surface area contributed by atoms with Crippen molar-refractivity contribution in [2.45, 2.75) is 229 Å². The Bertz CT molecular complexity index is 2160. The van der Waals surface area contributed by atoms with Crippen LogP contribution in [0.2, 0.25) is 0 Å². The molecule has 5 aliphatic carbocycles. The summed E-state index contributed by atoms with van der Waals surface area (Å²) < 4.78 is 48.1. The average Bonchev–Trinajstić information content (AvgIpc) is 3.55. The van der Waals surface area contributed by atoms with Gasteiger partial charge in [0, 0.05) is 0 Å². The summed E-state index contributed by atoms with van der Waals surface area (Å²) in [5.74, 6) is -2.11. The number of hydrogen-bond donors (Lipinski definition) is 14. The highest BCUT2D eigenvalue weighted by Gasteiger charge is 2.71. The van der Waals surface area contributed by atoms with E-state index in [-0.39, 0.29) is 41.9 Å². The van der Waals surface area contributed by atoms with Crippen LogP contribution in [0.25, 0.3) is 0 Å². The Morgan fingerprint density at radius 1 is 0.584 bits per heavy atom. The molecule has 4 heterocycles. The van der Waals surface area contributed by atoms with E-state index in [0.29, 0.717) is 32.1 Å². The molecule has 440 valence electrons. The van der Waals surface area contributed by atoms with E-state index >= 15 is 0 Å². The summed E-state index contributed by atoms with van der Waals surface area (Å²) >= 11 is 0. The van der Waals surface area contributed by atoms with Crippen LogP contribution in [0.1, 0.15) is 106 Å². The number of hydrogen-bond acceptors (Lipinski definition) is 23. The second-order valence-electron chi connectivity index (χ2n) is 25.5. The Morgan fingerprint density at radius 3 is 1.68 bits per heavy atom. The molecular weight excluding hydrogens is 1020 g/mol. The first-order valence-electron chi connectivity index (χ1n) is 27.4. The Labute approximate surface area is 446 Å². The fraction of sp³-hybridized carbons (Fsp3) is 0.925. The number of aliphatic hydroxyl groups excluding tert-OH is 13. The Kier molecular flexibility index (Phi) is 16.7. The number of esters is 1. The van der Waals surface area contributed by atoms with Crippen molar-refractivity contribution in [1.82, 2.24) is 0 Å². The number of fused-ring (bicyclic) bond motifs is 7. The number of carboxylic acids is 1. The highest BCUT2D eigenvalue weighted by Crippen LogP contribution is 2.76. The fourth-order valence-corrected chi connectivity index (χ4v) is 16.2. The van der Waals surface area contributed by atoms with Gasteiger partial charge in [0.15, 0.2) is 18.9 Å². The minimum Gasteiger partial charge on any atom is -0.481 e. The van der Waals surface area contributed by atoms with E-state index in [1.807, 2.05) is 0 Å². The molecule has 9 rings (SSSR count). The molecule has 77 heavy (non-hydrogen) atoms. The van der Waals surface area contributed by atoms with Crippen LogP contribution in [0.4, 0.5) is 0 Å². The highest BCUT2D eigenvalue weighted by molar-refractivity contribution is 5.81. The van der Waals surface area contributed by atoms with Gasteiger partial charge in [-0.3, -0.25) is 9.59 Å². The molecule has 0 aromatic rings. The summed E-state index contributed by atoms with van der Waals surface area (Å²) in [6.07, 6.45) is -24.8. The lowest BCUT2D eigenvalue weighted by Gasteiger charge is -2.71. The maximum Gasteiger partial charge on any atom is 0.315 e. The van der Waals surface area contributed by atoms with Gasteiger partial charge in [-0.25, -0.2) is 0 Å². The van der Waals surface area contributed by atoms with Crippen molar-refractivity contribution in [1.29, 1.82) is 0 Å². The van der Waals surface area contributed by atoms with Gasteiger partial charge in [-0.15, -0.1) is 0 Å². The van der Waals surface area contributed by atoms with E-state index in [1.54, 1.807) is 6.92 Å². The second-order valence-corrected chi connectivity index (χ2v) is 25.5. The van der Waals surface area contributed by atoms with Crippen LogP contribution >= 0.6 is 0 Å². The number of carbonyl (C=O) groups is 2. The molecule has 4 saturated heterocycles. The maximum atomic E-state index is 14.8. The minimum absolute atomic E-state index is 0.0344. The SMILES string of the molecule is CC1(C)C2CC[C@]3(C)C(CC=C4[C@@H]5C[C@](C)(C(=O)O)CC[C@]5(C(=O)O[C@@H]5O[C@H](CO)[C@@H](O)[C@H](O)[C@H]5O)CC[C@]43C)[C@@]2(C)CC[C@@H]1O[C@@H]1OC[C@H](O[C@@H]2O[C@H](CO)[C@@H](O)[C@H](O)[C@H]2O)[C@H](O)[C@H]1O[C@@H]1O[C@H](CO)[C@@H](O)[C@H](O)[C@H]1O. The van der Waals surface area contributed by atoms with Crippen molar-refractivity contribution in [3.63, 3.8) is 0 Å². The molecule has 0 amide bonds. The summed E-state index contributed by atoms with van der Waals surface area (Å²) in [5, 5.41) is 148. The lowest BCUT2D eigenvalue weighted by molar-refractivity contribution is -0.382. The zero-order valence-corrected chi connectivity index (χ0v) is 44.6. The molecule has 4 aliphatic heterocycles. The maximum absolute atomic E-state index is 14.8. The highest BCUT2D eigenvalue weighted by atomic mass is 16.8. The molecule has 24 heteroatoms. The van der Waals surface area contributed by atoms with E-state index < -0.39 is 189 Å². The van der Waals surface area contributed by atoms with Crippen LogP contribution in [0.15, 0.2) is 11.6 Å². The summed E-state index contributed by atoms with van der Waals surface area (Å²) in [7, 11) is 0. The number of aliphatic hydroxyl groups is 13.